The van der Waals surface area contributed by atoms with Gasteiger partial charge in [-0.3, -0.25) is 0 Å². The maximum absolute atomic E-state index is 10.5. The first kappa shape index (κ1) is 23.0. The number of aryl methyl sites for hydroxylation is 2. The van der Waals surface area contributed by atoms with Crippen LogP contribution in [0, 0.1) is 0 Å². The van der Waals surface area contributed by atoms with Crippen molar-refractivity contribution >= 4 is 33.2 Å². The van der Waals surface area contributed by atoms with Crippen LogP contribution in [0.3, 0.4) is 0 Å². The number of nitrogen functional groups attached to an aromatic ring is 1. The second kappa shape index (κ2) is 9.30. The molecule has 2 fully saturated rings. The molecule has 6 nitrogen and oxygen atoms in total. The number of nitrogens with zero attached hydrogens (tertiary/aromatic N) is 3. The lowest BCUT2D eigenvalue weighted by Crippen LogP contribution is -2.52. The number of aromatic nitrogens is 2. The number of hydrogen-bond donors (Lipinski definition) is 3. The van der Waals surface area contributed by atoms with Crippen molar-refractivity contribution in [1.29, 1.82) is 0 Å². The SMILES string of the molecule is Nc1ccc(CCc2nc(N3[C@@H]4CC[C@H]3CNC4)c3ccc(-c4cc(O)cc5ccccc45)cc3n2)cc1. The number of phenols is 1. The molecule has 4 aromatic carbocycles. The Morgan fingerprint density at radius 1 is 0.842 bits per heavy atom. The topological polar surface area (TPSA) is 87.3 Å². The van der Waals surface area contributed by atoms with Gasteiger partial charge in [-0.25, -0.2) is 9.97 Å². The van der Waals surface area contributed by atoms with Gasteiger partial charge in [-0.15, -0.1) is 0 Å². The van der Waals surface area contributed by atoms with Gasteiger partial charge in [0.05, 0.1) is 5.52 Å². The zero-order valence-corrected chi connectivity index (χ0v) is 21.3. The van der Waals surface area contributed by atoms with Gasteiger partial charge in [-0.05, 0) is 83.1 Å². The van der Waals surface area contributed by atoms with Gasteiger partial charge < -0.3 is 21.1 Å². The van der Waals surface area contributed by atoms with Crippen LogP contribution < -0.4 is 16.0 Å². The monoisotopic (exact) mass is 501 g/mol. The molecule has 2 bridgehead atoms. The van der Waals surface area contributed by atoms with E-state index in [1.54, 1.807) is 0 Å². The summed E-state index contributed by atoms with van der Waals surface area (Å²) < 4.78 is 0. The molecule has 38 heavy (non-hydrogen) atoms. The molecule has 6 heteroatoms. The Bertz CT molecular complexity index is 1630. The summed E-state index contributed by atoms with van der Waals surface area (Å²) >= 11 is 0. The number of nitrogens with one attached hydrogen (secondary N) is 1. The summed E-state index contributed by atoms with van der Waals surface area (Å²) in [5, 5.41) is 17.3. The summed E-state index contributed by atoms with van der Waals surface area (Å²) in [5.41, 5.74) is 10.9. The molecule has 0 saturated carbocycles. The number of benzene rings is 4. The molecule has 190 valence electrons. The van der Waals surface area contributed by atoms with Gasteiger partial charge in [0.1, 0.15) is 17.4 Å². The van der Waals surface area contributed by atoms with Crippen LogP contribution in [-0.2, 0) is 12.8 Å². The molecule has 2 atom stereocenters. The average Bonchev–Trinajstić information content (AvgIpc) is 3.18. The van der Waals surface area contributed by atoms with E-state index in [-0.39, 0.29) is 5.75 Å². The van der Waals surface area contributed by atoms with Gasteiger partial charge in [0.15, 0.2) is 0 Å². The number of aromatic hydroxyl groups is 1. The number of rotatable bonds is 5. The van der Waals surface area contributed by atoms with E-state index in [1.807, 2.05) is 42.5 Å². The van der Waals surface area contributed by atoms with Gasteiger partial charge >= 0.3 is 0 Å². The summed E-state index contributed by atoms with van der Waals surface area (Å²) in [6.45, 7) is 1.99. The van der Waals surface area contributed by atoms with Crippen molar-refractivity contribution in [3.05, 3.63) is 90.3 Å². The number of hydrogen-bond acceptors (Lipinski definition) is 6. The molecule has 0 amide bonds. The van der Waals surface area contributed by atoms with Crippen LogP contribution in [0.5, 0.6) is 5.75 Å². The minimum absolute atomic E-state index is 0.267. The Kier molecular flexibility index (Phi) is 5.63. The van der Waals surface area contributed by atoms with E-state index < -0.39 is 0 Å². The van der Waals surface area contributed by atoms with Crippen molar-refractivity contribution in [2.45, 2.75) is 37.8 Å². The predicted molar refractivity (Wildman–Crippen MR) is 155 cm³/mol. The minimum Gasteiger partial charge on any atom is -0.508 e. The molecule has 2 aliphatic heterocycles. The van der Waals surface area contributed by atoms with Crippen LogP contribution in [0.2, 0.25) is 0 Å². The third kappa shape index (κ3) is 4.11. The van der Waals surface area contributed by atoms with Gasteiger partial charge in [0.25, 0.3) is 0 Å². The van der Waals surface area contributed by atoms with Crippen molar-refractivity contribution in [2.75, 3.05) is 23.7 Å². The Labute approximate surface area is 222 Å². The molecule has 0 aliphatic carbocycles. The van der Waals surface area contributed by atoms with Crippen LogP contribution in [-0.4, -0.2) is 40.2 Å². The molecule has 1 aromatic heterocycles. The highest BCUT2D eigenvalue weighted by molar-refractivity contribution is 6.01. The first-order chi connectivity index (χ1) is 18.6. The maximum Gasteiger partial charge on any atom is 0.140 e. The Morgan fingerprint density at radius 2 is 1.63 bits per heavy atom. The van der Waals surface area contributed by atoms with Crippen LogP contribution in [0.1, 0.15) is 24.2 Å². The fourth-order valence-electron chi connectivity index (χ4n) is 6.23. The second-order valence-corrected chi connectivity index (χ2v) is 10.6. The molecular weight excluding hydrogens is 470 g/mol. The third-order valence-corrected chi connectivity index (χ3v) is 8.12. The lowest BCUT2D eigenvalue weighted by Gasteiger charge is -2.37. The lowest BCUT2D eigenvalue weighted by molar-refractivity contribution is 0.476. The van der Waals surface area contributed by atoms with Crippen molar-refractivity contribution in [3.8, 4) is 16.9 Å². The van der Waals surface area contributed by atoms with Gasteiger partial charge in [-0.2, -0.15) is 0 Å². The van der Waals surface area contributed by atoms with E-state index in [0.717, 1.165) is 76.1 Å². The quantitative estimate of drug-likeness (QED) is 0.277. The van der Waals surface area contributed by atoms with Crippen LogP contribution in [0.15, 0.2) is 78.9 Å². The Hall–Kier alpha value is -4.16. The number of phenolic OH excluding ortho intramolecular Hbond substituents is 1. The number of piperazine rings is 1. The molecule has 2 saturated heterocycles. The second-order valence-electron chi connectivity index (χ2n) is 10.6. The third-order valence-electron chi connectivity index (χ3n) is 8.12. The summed E-state index contributed by atoms with van der Waals surface area (Å²) in [6, 6.07) is 27.3. The largest absolute Gasteiger partial charge is 0.508 e. The number of nitrogens with two attached hydrogens (primary N) is 1. The molecule has 5 aromatic rings. The van der Waals surface area contributed by atoms with Crippen molar-refractivity contribution in [2.24, 2.45) is 0 Å². The highest BCUT2D eigenvalue weighted by Gasteiger charge is 2.38. The Morgan fingerprint density at radius 3 is 2.45 bits per heavy atom. The van der Waals surface area contributed by atoms with E-state index in [2.05, 4.69) is 46.6 Å². The van der Waals surface area contributed by atoms with Gasteiger partial charge in [0, 0.05) is 42.7 Å². The summed E-state index contributed by atoms with van der Waals surface area (Å²) in [5.74, 6) is 2.19. The molecule has 0 spiro atoms. The molecule has 0 radical (unpaired) electrons. The lowest BCUT2D eigenvalue weighted by atomic mass is 9.96. The predicted octanol–water partition coefficient (Wildman–Crippen LogP) is 5.46. The summed E-state index contributed by atoms with van der Waals surface area (Å²) in [4.78, 5) is 12.8. The summed E-state index contributed by atoms with van der Waals surface area (Å²) in [7, 11) is 0. The van der Waals surface area contributed by atoms with Gasteiger partial charge in [-0.1, -0.05) is 42.5 Å². The zero-order chi connectivity index (χ0) is 25.6. The molecule has 0 unspecified atom stereocenters. The first-order valence-electron chi connectivity index (χ1n) is 13.5. The van der Waals surface area contributed by atoms with E-state index >= 15 is 0 Å². The standard InChI is InChI=1S/C32H31N5O/c33-23-9-5-20(6-10-23)7-14-31-35-30-16-22(29-17-26(38)15-21-3-1-2-4-27(21)29)8-13-28(30)32(36-31)37-24-11-12-25(37)19-34-18-24/h1-6,8-10,13,15-17,24-25,34,38H,7,11-12,14,18-19,33H2/t24-,25+. The van der Waals surface area contributed by atoms with Gasteiger partial charge in [0.2, 0.25) is 0 Å². The smallest absolute Gasteiger partial charge is 0.140 e. The van der Waals surface area contributed by atoms with Crippen molar-refractivity contribution in [3.63, 3.8) is 0 Å². The number of anilines is 2. The van der Waals surface area contributed by atoms with Crippen molar-refractivity contribution in [1.82, 2.24) is 15.3 Å². The van der Waals surface area contributed by atoms with Crippen LogP contribution in [0.25, 0.3) is 32.8 Å². The average molecular weight is 502 g/mol. The fourth-order valence-corrected chi connectivity index (χ4v) is 6.23. The van der Waals surface area contributed by atoms with Crippen LogP contribution >= 0.6 is 0 Å². The summed E-state index contributed by atoms with van der Waals surface area (Å²) in [6.07, 6.45) is 4.00. The van der Waals surface area contributed by atoms with Crippen molar-refractivity contribution < 1.29 is 5.11 Å². The van der Waals surface area contributed by atoms with Crippen LogP contribution in [0.4, 0.5) is 11.5 Å². The molecule has 4 N–H and O–H groups in total. The van der Waals surface area contributed by atoms with E-state index in [0.29, 0.717) is 12.1 Å². The van der Waals surface area contributed by atoms with E-state index in [9.17, 15) is 5.11 Å². The maximum atomic E-state index is 10.5. The Balaban J connectivity index is 1.35. The first-order valence-corrected chi connectivity index (χ1v) is 13.5. The fraction of sp³-hybridized carbons (Fsp3) is 0.250. The normalized spacial score (nSPS) is 18.9. The number of fused-ring (bicyclic) bond motifs is 4. The van der Waals surface area contributed by atoms with E-state index in [1.165, 1.54) is 18.4 Å². The molecular formula is C32H31N5O. The molecule has 3 heterocycles. The minimum atomic E-state index is 0.267. The zero-order valence-electron chi connectivity index (χ0n) is 21.3. The van der Waals surface area contributed by atoms with E-state index in [4.69, 9.17) is 15.7 Å². The highest BCUT2D eigenvalue weighted by atomic mass is 16.3. The molecule has 2 aliphatic rings. The highest BCUT2D eigenvalue weighted by Crippen LogP contribution is 2.38. The molecule has 7 rings (SSSR count).